The molecule has 1 heterocycles. The van der Waals surface area contributed by atoms with Gasteiger partial charge in [-0.2, -0.15) is 0 Å². The fourth-order valence-corrected chi connectivity index (χ4v) is 4.17. The highest BCUT2D eigenvalue weighted by atomic mass is 16.7. The summed E-state index contributed by atoms with van der Waals surface area (Å²) in [6.07, 6.45) is -1.30. The number of nitrogens with one attached hydrogen (secondary N) is 2. The molecule has 0 aliphatic carbocycles. The van der Waals surface area contributed by atoms with Crippen molar-refractivity contribution in [2.75, 3.05) is 0 Å². The lowest BCUT2D eigenvalue weighted by Crippen LogP contribution is -2.61. The summed E-state index contributed by atoms with van der Waals surface area (Å²) < 4.78 is 5.99. The second kappa shape index (κ2) is 8.56. The van der Waals surface area contributed by atoms with Crippen molar-refractivity contribution in [2.24, 2.45) is 0 Å². The van der Waals surface area contributed by atoms with E-state index in [0.717, 1.165) is 0 Å². The van der Waals surface area contributed by atoms with Gasteiger partial charge in [-0.1, -0.05) is 60.7 Å². The summed E-state index contributed by atoms with van der Waals surface area (Å²) in [5.41, 5.74) is -2.80. The molecule has 7 heteroatoms. The fraction of sp³-hybridized carbons (Fsp3) is 0.462. The van der Waals surface area contributed by atoms with Crippen LogP contribution in [0.2, 0.25) is 0 Å². The Morgan fingerprint density at radius 3 is 1.64 bits per heavy atom. The van der Waals surface area contributed by atoms with E-state index in [1.54, 1.807) is 102 Å². The van der Waals surface area contributed by atoms with Crippen LogP contribution < -0.4 is 10.6 Å². The molecule has 2 aromatic carbocycles. The molecule has 0 spiro atoms. The minimum Gasteiger partial charge on any atom is -0.377 e. The van der Waals surface area contributed by atoms with Gasteiger partial charge in [0.1, 0.15) is 6.10 Å². The Kier molecular flexibility index (Phi) is 6.45. The molecule has 0 bridgehead atoms. The highest BCUT2D eigenvalue weighted by molar-refractivity contribution is 5.93. The van der Waals surface area contributed by atoms with Crippen molar-refractivity contribution >= 4 is 11.8 Å². The van der Waals surface area contributed by atoms with Crippen LogP contribution in [0.4, 0.5) is 0 Å². The molecule has 0 saturated carbocycles. The second-order valence-corrected chi connectivity index (χ2v) is 10.7. The number of carbonyl (C=O) groups is 2. The Morgan fingerprint density at radius 1 is 0.758 bits per heavy atom. The zero-order chi connectivity index (χ0) is 24.7. The van der Waals surface area contributed by atoms with Crippen molar-refractivity contribution in [3.63, 3.8) is 0 Å². The molecule has 1 aliphatic heterocycles. The molecule has 4 unspecified atom stereocenters. The normalized spacial score (nSPS) is 27.8. The number of aliphatic hydroxyl groups is 2. The van der Waals surface area contributed by atoms with Gasteiger partial charge in [-0.25, -0.2) is 0 Å². The van der Waals surface area contributed by atoms with Crippen LogP contribution in [0.5, 0.6) is 0 Å². The minimum atomic E-state index is -2.51. The SMILES string of the molecule is CC(C)(C)NC(=O)C1(O)OC(c2ccccc2)C(O)(C(=O)NC(C)(C)C)C1c1ccccc1. The van der Waals surface area contributed by atoms with Gasteiger partial charge in [0.15, 0.2) is 5.60 Å². The van der Waals surface area contributed by atoms with E-state index in [1.807, 2.05) is 0 Å². The first-order valence-electron chi connectivity index (χ1n) is 11.1. The highest BCUT2D eigenvalue weighted by Gasteiger charge is 2.70. The molecule has 7 nitrogen and oxygen atoms in total. The maximum absolute atomic E-state index is 13.7. The van der Waals surface area contributed by atoms with Gasteiger partial charge >= 0.3 is 0 Å². The second-order valence-electron chi connectivity index (χ2n) is 10.7. The molecule has 1 aliphatic rings. The molecule has 4 atom stereocenters. The average Bonchev–Trinajstić information content (AvgIpc) is 2.96. The van der Waals surface area contributed by atoms with Crippen molar-refractivity contribution in [1.82, 2.24) is 10.6 Å². The van der Waals surface area contributed by atoms with Crippen LogP contribution in [0.1, 0.15) is 64.7 Å². The van der Waals surface area contributed by atoms with Gasteiger partial charge in [-0.15, -0.1) is 0 Å². The number of carbonyl (C=O) groups excluding carboxylic acids is 2. The van der Waals surface area contributed by atoms with E-state index in [9.17, 15) is 19.8 Å². The molecule has 1 saturated heterocycles. The molecule has 178 valence electrons. The smallest absolute Gasteiger partial charge is 0.281 e. The Hall–Kier alpha value is -2.74. The van der Waals surface area contributed by atoms with Gasteiger partial charge < -0.3 is 25.6 Å². The van der Waals surface area contributed by atoms with Gasteiger partial charge in [-0.3, -0.25) is 9.59 Å². The molecule has 1 fully saturated rings. The first-order valence-corrected chi connectivity index (χ1v) is 11.1. The van der Waals surface area contributed by atoms with Crippen molar-refractivity contribution in [2.45, 2.75) is 76.0 Å². The van der Waals surface area contributed by atoms with Gasteiger partial charge in [0.05, 0.1) is 5.92 Å². The number of hydrogen-bond donors (Lipinski definition) is 4. The van der Waals surface area contributed by atoms with Gasteiger partial charge in [0.25, 0.3) is 17.6 Å². The van der Waals surface area contributed by atoms with Crippen LogP contribution >= 0.6 is 0 Å². The van der Waals surface area contributed by atoms with E-state index in [0.29, 0.717) is 11.1 Å². The zero-order valence-corrected chi connectivity index (χ0v) is 20.0. The van der Waals surface area contributed by atoms with E-state index >= 15 is 0 Å². The molecule has 33 heavy (non-hydrogen) atoms. The number of ether oxygens (including phenoxy) is 1. The third-order valence-electron chi connectivity index (χ3n) is 5.43. The van der Waals surface area contributed by atoms with Crippen molar-refractivity contribution < 1.29 is 24.5 Å². The van der Waals surface area contributed by atoms with E-state index in [4.69, 9.17) is 4.74 Å². The monoisotopic (exact) mass is 454 g/mol. The predicted octanol–water partition coefficient (Wildman–Crippen LogP) is 2.79. The summed E-state index contributed by atoms with van der Waals surface area (Å²) in [5, 5.41) is 29.5. The largest absolute Gasteiger partial charge is 0.377 e. The standard InChI is InChI=1S/C26H34N2O5/c1-23(2,3)27-21(29)25(31)19(17-13-9-7-10-14-17)26(32,22(30)28-24(4,5)6)33-20(25)18-15-11-8-12-16-18/h7-16,19-20,31-32H,1-6H3,(H,27,29)(H,28,30). The molecule has 3 rings (SSSR count). The van der Waals surface area contributed by atoms with E-state index in [1.165, 1.54) is 0 Å². The average molecular weight is 455 g/mol. The van der Waals surface area contributed by atoms with Crippen LogP contribution in [0.3, 0.4) is 0 Å². The first-order chi connectivity index (χ1) is 15.2. The maximum atomic E-state index is 13.7. The zero-order valence-electron chi connectivity index (χ0n) is 20.0. The van der Waals surface area contributed by atoms with Crippen LogP contribution in [0.25, 0.3) is 0 Å². The summed E-state index contributed by atoms with van der Waals surface area (Å²) in [4.78, 5) is 27.1. The number of benzene rings is 2. The topological polar surface area (TPSA) is 108 Å². The fourth-order valence-electron chi connectivity index (χ4n) is 4.17. The number of amides is 2. The Morgan fingerprint density at radius 2 is 1.18 bits per heavy atom. The van der Waals surface area contributed by atoms with E-state index in [-0.39, 0.29) is 0 Å². The summed E-state index contributed by atoms with van der Waals surface area (Å²) in [6, 6.07) is 17.2. The van der Waals surface area contributed by atoms with Crippen molar-refractivity contribution in [3.05, 3.63) is 71.8 Å². The van der Waals surface area contributed by atoms with Crippen molar-refractivity contribution in [1.29, 1.82) is 0 Å². The van der Waals surface area contributed by atoms with Crippen LogP contribution in [0, 0.1) is 0 Å². The van der Waals surface area contributed by atoms with Crippen LogP contribution in [-0.2, 0) is 14.3 Å². The lowest BCUT2D eigenvalue weighted by Gasteiger charge is -2.37. The summed E-state index contributed by atoms with van der Waals surface area (Å²) in [7, 11) is 0. The lowest BCUT2D eigenvalue weighted by atomic mass is 9.73. The third kappa shape index (κ3) is 4.95. The highest BCUT2D eigenvalue weighted by Crippen LogP contribution is 2.55. The predicted molar refractivity (Wildman–Crippen MR) is 125 cm³/mol. The van der Waals surface area contributed by atoms with E-state index in [2.05, 4.69) is 10.6 Å². The Balaban J connectivity index is 2.25. The van der Waals surface area contributed by atoms with E-state index < -0.39 is 46.3 Å². The van der Waals surface area contributed by atoms with Gasteiger partial charge in [-0.05, 0) is 52.7 Å². The van der Waals surface area contributed by atoms with Crippen LogP contribution in [0.15, 0.2) is 60.7 Å². The molecule has 2 aromatic rings. The molecule has 0 aromatic heterocycles. The summed E-state index contributed by atoms with van der Waals surface area (Å²) in [5.74, 6) is -5.48. The number of hydrogen-bond acceptors (Lipinski definition) is 5. The minimum absolute atomic E-state index is 0.397. The number of rotatable bonds is 4. The molecule has 4 N–H and O–H groups in total. The Labute approximate surface area is 195 Å². The third-order valence-corrected chi connectivity index (χ3v) is 5.43. The van der Waals surface area contributed by atoms with Crippen LogP contribution in [-0.4, -0.2) is 44.5 Å². The molecule has 0 radical (unpaired) electrons. The molecular formula is C26H34N2O5. The molecular weight excluding hydrogens is 420 g/mol. The Bertz CT molecular complexity index is 997. The van der Waals surface area contributed by atoms with Gasteiger partial charge in [0.2, 0.25) is 0 Å². The molecule has 2 amide bonds. The van der Waals surface area contributed by atoms with Crippen molar-refractivity contribution in [3.8, 4) is 0 Å². The summed E-state index contributed by atoms with van der Waals surface area (Å²) >= 11 is 0. The first kappa shape index (κ1) is 24.9. The lowest BCUT2D eigenvalue weighted by molar-refractivity contribution is -0.208. The quantitative estimate of drug-likeness (QED) is 0.568. The maximum Gasteiger partial charge on any atom is 0.281 e. The van der Waals surface area contributed by atoms with Gasteiger partial charge in [0, 0.05) is 11.1 Å². The summed E-state index contributed by atoms with van der Waals surface area (Å²) in [6.45, 7) is 10.7.